The van der Waals surface area contributed by atoms with Crippen LogP contribution in [0.25, 0.3) is 0 Å². The minimum atomic E-state index is -4.48. The number of hydrogen-bond acceptors (Lipinski definition) is 3. The summed E-state index contributed by atoms with van der Waals surface area (Å²) >= 11 is 5.70. The molecule has 0 bridgehead atoms. The predicted molar refractivity (Wildman–Crippen MR) is 74.5 cm³/mol. The quantitative estimate of drug-likeness (QED) is 0.513. The predicted octanol–water partition coefficient (Wildman–Crippen LogP) is 2.40. The number of pyridine rings is 1. The van der Waals surface area contributed by atoms with Crippen molar-refractivity contribution in [2.45, 2.75) is 12.6 Å². The van der Waals surface area contributed by atoms with Gasteiger partial charge in [-0.1, -0.05) is 11.6 Å². The summed E-state index contributed by atoms with van der Waals surface area (Å²) in [5.74, 6) is 0.356. The number of guanidine groups is 1. The van der Waals surface area contributed by atoms with Gasteiger partial charge in [0, 0.05) is 33.3 Å². The molecule has 0 spiro atoms. The molecular weight excluding hydrogens is 309 g/mol. The zero-order valence-corrected chi connectivity index (χ0v) is 12.4. The molecule has 2 N–H and O–H groups in total. The monoisotopic (exact) mass is 324 g/mol. The molecule has 0 atom stereocenters. The lowest BCUT2D eigenvalue weighted by atomic mass is 10.3. The number of halogens is 4. The third kappa shape index (κ3) is 5.66. The van der Waals surface area contributed by atoms with Gasteiger partial charge in [-0.3, -0.25) is 4.99 Å². The van der Waals surface area contributed by atoms with Gasteiger partial charge in [-0.05, 0) is 6.07 Å². The molecule has 21 heavy (non-hydrogen) atoms. The molecule has 0 fully saturated rings. The molecular formula is C12H16ClF3N4O. The molecule has 5 nitrogen and oxygen atoms in total. The Balaban J connectivity index is 2.48. The van der Waals surface area contributed by atoms with E-state index in [-0.39, 0.29) is 17.5 Å². The fraction of sp³-hybridized carbons (Fsp3) is 0.500. The summed E-state index contributed by atoms with van der Waals surface area (Å²) in [4.78, 5) is 9.29. The summed E-state index contributed by atoms with van der Waals surface area (Å²) in [5.41, 5.74) is 4.67. The molecule has 1 rings (SSSR count). The molecule has 0 aliphatic rings. The topological polar surface area (TPSA) is 63.7 Å². The number of alkyl halides is 3. The van der Waals surface area contributed by atoms with Crippen LogP contribution in [-0.4, -0.2) is 43.1 Å². The smallest absolute Gasteiger partial charge is 0.417 e. The number of rotatable bonds is 5. The molecule has 118 valence electrons. The van der Waals surface area contributed by atoms with E-state index in [4.69, 9.17) is 22.1 Å². The summed E-state index contributed by atoms with van der Waals surface area (Å²) < 4.78 is 42.5. The molecule has 1 heterocycles. The first-order valence-corrected chi connectivity index (χ1v) is 6.42. The Bertz CT molecular complexity index is 506. The summed E-state index contributed by atoms with van der Waals surface area (Å²) in [6.07, 6.45) is -3.26. The average Bonchev–Trinajstić information content (AvgIpc) is 2.38. The lowest BCUT2D eigenvalue weighted by Gasteiger charge is -2.11. The highest BCUT2D eigenvalue weighted by Crippen LogP contribution is 2.33. The first-order chi connectivity index (χ1) is 9.71. The van der Waals surface area contributed by atoms with Gasteiger partial charge in [-0.25, -0.2) is 4.98 Å². The van der Waals surface area contributed by atoms with Gasteiger partial charge in [0.2, 0.25) is 5.88 Å². The highest BCUT2D eigenvalue weighted by molar-refractivity contribution is 6.31. The van der Waals surface area contributed by atoms with Crippen LogP contribution in [0.1, 0.15) is 12.0 Å². The second-order valence-corrected chi connectivity index (χ2v) is 4.75. The van der Waals surface area contributed by atoms with Gasteiger partial charge >= 0.3 is 6.18 Å². The van der Waals surface area contributed by atoms with Crippen LogP contribution in [0.3, 0.4) is 0 Å². The summed E-state index contributed by atoms with van der Waals surface area (Å²) in [6.45, 7) is 0.657. The van der Waals surface area contributed by atoms with Crippen molar-refractivity contribution in [2.75, 3.05) is 27.2 Å². The zero-order valence-electron chi connectivity index (χ0n) is 11.6. The largest absolute Gasteiger partial charge is 0.477 e. The van der Waals surface area contributed by atoms with Crippen molar-refractivity contribution in [3.63, 3.8) is 0 Å². The van der Waals surface area contributed by atoms with Gasteiger partial charge in [0.05, 0.1) is 12.2 Å². The molecule has 0 saturated heterocycles. The average molecular weight is 325 g/mol. The second-order valence-electron chi connectivity index (χ2n) is 4.35. The van der Waals surface area contributed by atoms with Gasteiger partial charge in [0.15, 0.2) is 5.96 Å². The molecule has 0 unspecified atom stereocenters. The SMILES string of the molecule is CN(C)C(N)=NCCCOc1ncc(C(F)(F)F)cc1Cl. The Morgan fingerprint density at radius 2 is 2.14 bits per heavy atom. The maximum absolute atomic E-state index is 12.4. The van der Waals surface area contributed by atoms with E-state index < -0.39 is 11.7 Å². The first-order valence-electron chi connectivity index (χ1n) is 6.04. The van der Waals surface area contributed by atoms with Crippen LogP contribution < -0.4 is 10.5 Å². The Labute approximate surface area is 125 Å². The van der Waals surface area contributed by atoms with Crippen LogP contribution >= 0.6 is 11.6 Å². The van der Waals surface area contributed by atoms with Crippen LogP contribution in [-0.2, 0) is 6.18 Å². The summed E-state index contributed by atoms with van der Waals surface area (Å²) in [7, 11) is 3.53. The number of nitrogens with two attached hydrogens (primary N) is 1. The molecule has 0 radical (unpaired) electrons. The van der Waals surface area contributed by atoms with Crippen LogP contribution in [0.4, 0.5) is 13.2 Å². The van der Waals surface area contributed by atoms with E-state index in [0.717, 1.165) is 6.07 Å². The Morgan fingerprint density at radius 1 is 1.48 bits per heavy atom. The third-order valence-electron chi connectivity index (χ3n) is 2.41. The van der Waals surface area contributed by atoms with Crippen LogP contribution in [0, 0.1) is 0 Å². The normalized spacial score (nSPS) is 12.4. The standard InChI is InChI=1S/C12H16ClF3N4O/c1-20(2)11(17)18-4-3-5-21-10-9(13)6-8(7-19-10)12(14,15)16/h6-7H,3-5H2,1-2H3,(H2,17,18). The van der Waals surface area contributed by atoms with Crippen molar-refractivity contribution in [3.05, 3.63) is 22.8 Å². The molecule has 1 aromatic rings. The molecule has 9 heteroatoms. The van der Waals surface area contributed by atoms with E-state index in [1.165, 1.54) is 0 Å². The number of nitrogens with zero attached hydrogens (tertiary/aromatic N) is 3. The van der Waals surface area contributed by atoms with E-state index in [1.54, 1.807) is 19.0 Å². The molecule has 0 aliphatic heterocycles. The van der Waals surface area contributed by atoms with Gasteiger partial charge in [-0.2, -0.15) is 13.2 Å². The number of aromatic nitrogens is 1. The fourth-order valence-electron chi connectivity index (χ4n) is 1.26. The number of aliphatic imine (C=N–C) groups is 1. The lowest BCUT2D eigenvalue weighted by Crippen LogP contribution is -2.30. The second kappa shape index (κ2) is 7.35. The summed E-state index contributed by atoms with van der Waals surface area (Å²) in [5, 5.41) is -0.180. The number of hydrogen-bond donors (Lipinski definition) is 1. The van der Waals surface area contributed by atoms with Crippen LogP contribution in [0.5, 0.6) is 5.88 Å². The van der Waals surface area contributed by atoms with Crippen molar-refractivity contribution < 1.29 is 17.9 Å². The van der Waals surface area contributed by atoms with Gasteiger partial charge in [-0.15, -0.1) is 0 Å². The van der Waals surface area contributed by atoms with Crippen LogP contribution in [0.2, 0.25) is 5.02 Å². The van der Waals surface area contributed by atoms with Crippen LogP contribution in [0.15, 0.2) is 17.3 Å². The van der Waals surface area contributed by atoms with Crippen molar-refractivity contribution in [1.82, 2.24) is 9.88 Å². The van der Waals surface area contributed by atoms with E-state index >= 15 is 0 Å². The number of ether oxygens (including phenoxy) is 1. The molecule has 1 aromatic heterocycles. The van der Waals surface area contributed by atoms with Crippen molar-refractivity contribution in [1.29, 1.82) is 0 Å². The summed E-state index contributed by atoms with van der Waals surface area (Å²) in [6, 6.07) is 0.784. The minimum absolute atomic E-state index is 0.0331. The van der Waals surface area contributed by atoms with Crippen molar-refractivity contribution in [3.8, 4) is 5.88 Å². The lowest BCUT2D eigenvalue weighted by molar-refractivity contribution is -0.137. The van der Waals surface area contributed by atoms with Crippen molar-refractivity contribution in [2.24, 2.45) is 10.7 Å². The van der Waals surface area contributed by atoms with E-state index in [9.17, 15) is 13.2 Å². The third-order valence-corrected chi connectivity index (χ3v) is 2.68. The molecule has 0 aromatic carbocycles. The van der Waals surface area contributed by atoms with E-state index in [2.05, 4.69) is 9.98 Å². The van der Waals surface area contributed by atoms with Crippen molar-refractivity contribution >= 4 is 17.6 Å². The molecule has 0 aliphatic carbocycles. The maximum atomic E-state index is 12.4. The first kappa shape index (κ1) is 17.4. The molecule has 0 saturated carbocycles. The van der Waals surface area contributed by atoms with E-state index in [1.807, 2.05) is 0 Å². The zero-order chi connectivity index (χ0) is 16.0. The van der Waals surface area contributed by atoms with E-state index in [0.29, 0.717) is 25.1 Å². The van der Waals surface area contributed by atoms with Gasteiger partial charge < -0.3 is 15.4 Å². The maximum Gasteiger partial charge on any atom is 0.417 e. The Morgan fingerprint density at radius 3 is 2.67 bits per heavy atom. The highest BCUT2D eigenvalue weighted by Gasteiger charge is 2.31. The Kier molecular flexibility index (Phi) is 6.07. The highest BCUT2D eigenvalue weighted by atomic mass is 35.5. The fourth-order valence-corrected chi connectivity index (χ4v) is 1.48. The van der Waals surface area contributed by atoms with Gasteiger partial charge in [0.1, 0.15) is 5.02 Å². The van der Waals surface area contributed by atoms with Gasteiger partial charge in [0.25, 0.3) is 0 Å². The molecule has 0 amide bonds. The Hall–Kier alpha value is -1.70. The minimum Gasteiger partial charge on any atom is -0.477 e.